The average molecular weight is 424 g/mol. The van der Waals surface area contributed by atoms with E-state index in [4.69, 9.17) is 0 Å². The quantitative estimate of drug-likeness (QED) is 0.737. The van der Waals surface area contributed by atoms with E-state index >= 15 is 0 Å². The lowest BCUT2D eigenvalue weighted by atomic mass is 10.0. The summed E-state index contributed by atoms with van der Waals surface area (Å²) in [5, 5.41) is 11.8. The number of piperidine rings is 1. The maximum absolute atomic E-state index is 14.8. The molecule has 2 aromatic rings. The fourth-order valence-corrected chi connectivity index (χ4v) is 3.21. The van der Waals surface area contributed by atoms with Crippen LogP contribution in [0.2, 0.25) is 0 Å². The third-order valence-electron chi connectivity index (χ3n) is 5.01. The summed E-state index contributed by atoms with van der Waals surface area (Å²) < 4.78 is 57.1. The minimum Gasteiger partial charge on any atom is -0.393 e. The molecule has 0 spiro atoms. The molecule has 1 heterocycles. The molecule has 0 aromatic heterocycles. The normalized spacial score (nSPS) is 15.2. The van der Waals surface area contributed by atoms with Gasteiger partial charge < -0.3 is 15.3 Å². The van der Waals surface area contributed by atoms with E-state index in [9.17, 15) is 32.3 Å². The van der Waals surface area contributed by atoms with Crippen molar-refractivity contribution in [3.05, 3.63) is 64.7 Å². The molecule has 2 aromatic carbocycles. The second kappa shape index (κ2) is 8.43. The number of halogens is 4. The second-order valence-electron chi connectivity index (χ2n) is 7.21. The van der Waals surface area contributed by atoms with Gasteiger partial charge in [0, 0.05) is 24.3 Å². The molecule has 1 saturated heterocycles. The number of aryl methyl sites for hydroxylation is 1. The van der Waals surface area contributed by atoms with Crippen LogP contribution in [0.15, 0.2) is 36.4 Å². The van der Waals surface area contributed by atoms with Crippen LogP contribution in [0.4, 0.5) is 23.2 Å². The number of anilines is 1. The van der Waals surface area contributed by atoms with Crippen LogP contribution in [-0.2, 0) is 10.7 Å². The third kappa shape index (κ3) is 4.46. The van der Waals surface area contributed by atoms with Gasteiger partial charge >= 0.3 is 5.92 Å². The van der Waals surface area contributed by atoms with E-state index in [-0.39, 0.29) is 37.2 Å². The van der Waals surface area contributed by atoms with Crippen LogP contribution >= 0.6 is 0 Å². The van der Waals surface area contributed by atoms with Gasteiger partial charge in [-0.25, -0.2) is 8.78 Å². The highest BCUT2D eigenvalue weighted by atomic mass is 19.3. The van der Waals surface area contributed by atoms with Crippen LogP contribution in [0.25, 0.3) is 0 Å². The molecule has 9 heteroatoms. The monoisotopic (exact) mass is 424 g/mol. The smallest absolute Gasteiger partial charge is 0.349 e. The minimum absolute atomic E-state index is 0.0198. The fourth-order valence-electron chi connectivity index (χ4n) is 3.21. The molecule has 0 aliphatic carbocycles. The molecular formula is C21H20F4N2O3. The molecule has 30 heavy (non-hydrogen) atoms. The minimum atomic E-state index is -3.97. The van der Waals surface area contributed by atoms with Crippen LogP contribution in [0.1, 0.15) is 34.3 Å². The first kappa shape index (κ1) is 21.8. The number of alkyl halides is 2. The van der Waals surface area contributed by atoms with Gasteiger partial charge in [0.05, 0.1) is 11.7 Å². The predicted octanol–water partition coefficient (Wildman–Crippen LogP) is 3.60. The number of hydrogen-bond acceptors (Lipinski definition) is 3. The molecule has 2 N–H and O–H groups in total. The van der Waals surface area contributed by atoms with Gasteiger partial charge in [0.1, 0.15) is 11.6 Å². The van der Waals surface area contributed by atoms with Crippen molar-refractivity contribution in [2.24, 2.45) is 0 Å². The first-order chi connectivity index (χ1) is 14.1. The van der Waals surface area contributed by atoms with Gasteiger partial charge in [-0.05, 0) is 61.7 Å². The van der Waals surface area contributed by atoms with Gasteiger partial charge in [0.15, 0.2) is 0 Å². The van der Waals surface area contributed by atoms with Crippen molar-refractivity contribution in [2.75, 3.05) is 18.4 Å². The molecular weight excluding hydrogens is 404 g/mol. The van der Waals surface area contributed by atoms with Gasteiger partial charge in [-0.3, -0.25) is 9.59 Å². The van der Waals surface area contributed by atoms with Crippen molar-refractivity contribution < 1.29 is 32.3 Å². The Bertz CT molecular complexity index is 973. The Morgan fingerprint density at radius 3 is 2.33 bits per heavy atom. The highest BCUT2D eigenvalue weighted by molar-refractivity contribution is 6.04. The Kier molecular flexibility index (Phi) is 6.12. The lowest BCUT2D eigenvalue weighted by molar-refractivity contribution is -0.161. The number of likely N-dealkylation sites (tertiary alicyclic amines) is 1. The molecule has 2 amide bonds. The first-order valence-electron chi connectivity index (χ1n) is 9.32. The summed E-state index contributed by atoms with van der Waals surface area (Å²) in [5.41, 5.74) is -1.08. The highest BCUT2D eigenvalue weighted by Gasteiger charge is 2.45. The van der Waals surface area contributed by atoms with Gasteiger partial charge in [0.2, 0.25) is 0 Å². The summed E-state index contributed by atoms with van der Waals surface area (Å²) in [5.74, 6) is -7.99. The summed E-state index contributed by atoms with van der Waals surface area (Å²) in [7, 11) is 0. The number of amides is 2. The summed E-state index contributed by atoms with van der Waals surface area (Å²) in [6.07, 6.45) is -0.259. The van der Waals surface area contributed by atoms with Crippen LogP contribution in [0.5, 0.6) is 0 Å². The zero-order valence-corrected chi connectivity index (χ0v) is 16.1. The first-order valence-corrected chi connectivity index (χ1v) is 9.32. The van der Waals surface area contributed by atoms with E-state index in [0.29, 0.717) is 12.1 Å². The van der Waals surface area contributed by atoms with E-state index in [1.807, 2.05) is 0 Å². The van der Waals surface area contributed by atoms with Crippen molar-refractivity contribution in [1.82, 2.24) is 4.90 Å². The van der Waals surface area contributed by atoms with E-state index in [1.165, 1.54) is 19.1 Å². The number of nitrogens with zero attached hydrogens (tertiary/aromatic N) is 1. The van der Waals surface area contributed by atoms with Crippen LogP contribution in [0.3, 0.4) is 0 Å². The molecule has 0 saturated carbocycles. The summed E-state index contributed by atoms with van der Waals surface area (Å²) in [6.45, 7) is 1.43. The number of benzene rings is 2. The SMILES string of the molecule is Cc1cc(NC(=O)c2cc(C(F)(F)C(=O)N3CCC(O)CC3)ccc2F)ccc1F. The van der Waals surface area contributed by atoms with Gasteiger partial charge in [0.25, 0.3) is 11.8 Å². The molecule has 5 nitrogen and oxygen atoms in total. The van der Waals surface area contributed by atoms with Gasteiger partial charge in [-0.1, -0.05) is 0 Å². The molecule has 0 atom stereocenters. The van der Waals surface area contributed by atoms with Gasteiger partial charge in [-0.2, -0.15) is 8.78 Å². The molecule has 0 radical (unpaired) electrons. The second-order valence-corrected chi connectivity index (χ2v) is 7.21. The maximum atomic E-state index is 14.8. The lowest BCUT2D eigenvalue weighted by Gasteiger charge is -2.32. The summed E-state index contributed by atoms with van der Waals surface area (Å²) >= 11 is 0. The van der Waals surface area contributed by atoms with E-state index in [2.05, 4.69) is 5.32 Å². The Hall–Kier alpha value is -2.94. The number of carbonyl (C=O) groups excluding carboxylic acids is 2. The molecule has 0 bridgehead atoms. The highest BCUT2D eigenvalue weighted by Crippen LogP contribution is 2.32. The number of rotatable bonds is 4. The van der Waals surface area contributed by atoms with Crippen molar-refractivity contribution in [3.8, 4) is 0 Å². The van der Waals surface area contributed by atoms with Crippen LogP contribution < -0.4 is 5.32 Å². The van der Waals surface area contributed by atoms with Crippen molar-refractivity contribution >= 4 is 17.5 Å². The maximum Gasteiger partial charge on any atom is 0.349 e. The zero-order chi connectivity index (χ0) is 22.1. The Balaban J connectivity index is 1.83. The van der Waals surface area contributed by atoms with E-state index in [1.54, 1.807) is 0 Å². The molecule has 1 aliphatic heterocycles. The molecule has 1 aliphatic rings. The molecule has 0 unspecified atom stereocenters. The Labute approximate surface area is 170 Å². The molecule has 3 rings (SSSR count). The summed E-state index contributed by atoms with van der Waals surface area (Å²) in [6, 6.07) is 5.77. The topological polar surface area (TPSA) is 69.6 Å². The fraction of sp³-hybridized carbons (Fsp3) is 0.333. The largest absolute Gasteiger partial charge is 0.393 e. The van der Waals surface area contributed by atoms with Gasteiger partial charge in [-0.15, -0.1) is 0 Å². The number of hydrogen-bond donors (Lipinski definition) is 2. The summed E-state index contributed by atoms with van der Waals surface area (Å²) in [4.78, 5) is 25.7. The van der Waals surface area contributed by atoms with Crippen molar-refractivity contribution in [1.29, 1.82) is 0 Å². The van der Waals surface area contributed by atoms with Crippen molar-refractivity contribution in [2.45, 2.75) is 31.8 Å². The third-order valence-corrected chi connectivity index (χ3v) is 5.01. The standard InChI is InChI=1S/C21H20F4N2O3/c1-12-10-14(3-5-17(12)22)26-19(29)16-11-13(2-4-18(16)23)21(24,25)20(30)27-8-6-15(28)7-9-27/h2-5,10-11,15,28H,6-9H2,1H3,(H,26,29). The Morgan fingerprint density at radius 2 is 1.70 bits per heavy atom. The number of nitrogens with one attached hydrogen (secondary N) is 1. The van der Waals surface area contributed by atoms with E-state index < -0.39 is 46.6 Å². The predicted molar refractivity (Wildman–Crippen MR) is 101 cm³/mol. The Morgan fingerprint density at radius 1 is 1.07 bits per heavy atom. The van der Waals surface area contributed by atoms with E-state index in [0.717, 1.165) is 17.0 Å². The van der Waals surface area contributed by atoms with Crippen LogP contribution in [-0.4, -0.2) is 41.0 Å². The zero-order valence-electron chi connectivity index (χ0n) is 16.1. The number of carbonyl (C=O) groups is 2. The number of aliphatic hydroxyl groups excluding tert-OH is 1. The molecule has 1 fully saturated rings. The lowest BCUT2D eigenvalue weighted by Crippen LogP contribution is -2.46. The van der Waals surface area contributed by atoms with Crippen molar-refractivity contribution in [3.63, 3.8) is 0 Å². The molecule has 160 valence electrons. The average Bonchev–Trinajstić information content (AvgIpc) is 2.71. The van der Waals surface area contributed by atoms with Crippen LogP contribution in [0, 0.1) is 18.6 Å². The number of aliphatic hydroxyl groups is 1.